The molecule has 1 aliphatic rings. The van der Waals surface area contributed by atoms with Crippen molar-refractivity contribution in [1.29, 1.82) is 0 Å². The molecule has 0 saturated heterocycles. The molecule has 1 aliphatic heterocycles. The number of hydrogen-bond donors (Lipinski definition) is 1. The maximum atomic E-state index is 5.94. The summed E-state index contributed by atoms with van der Waals surface area (Å²) in [6, 6.07) is 8.57. The minimum Gasteiger partial charge on any atom is -0.362 e. The molecule has 1 unspecified atom stereocenters. The van der Waals surface area contributed by atoms with Crippen LogP contribution >= 0.6 is 0 Å². The highest BCUT2D eigenvalue weighted by Gasteiger charge is 2.40. The van der Waals surface area contributed by atoms with Crippen molar-refractivity contribution in [3.8, 4) is 11.3 Å². The van der Waals surface area contributed by atoms with Crippen molar-refractivity contribution in [2.24, 2.45) is 0 Å². The van der Waals surface area contributed by atoms with Crippen molar-refractivity contribution in [2.75, 3.05) is 17.3 Å². The number of hydrogen-bond acceptors (Lipinski definition) is 4. The van der Waals surface area contributed by atoms with Gasteiger partial charge >= 0.3 is 11.6 Å². The van der Waals surface area contributed by atoms with E-state index in [-0.39, 0.29) is 6.04 Å². The number of anilines is 1. The predicted molar refractivity (Wildman–Crippen MR) is 73.0 cm³/mol. The Bertz CT molecular complexity index is 593. The van der Waals surface area contributed by atoms with Gasteiger partial charge in [0.25, 0.3) is 0 Å². The van der Waals surface area contributed by atoms with Crippen LogP contribution in [-0.4, -0.2) is 11.8 Å². The number of aromatic nitrogens is 2. The zero-order chi connectivity index (χ0) is 13.4. The molecule has 1 aromatic heterocycles. The van der Waals surface area contributed by atoms with Gasteiger partial charge in [-0.2, -0.15) is 0 Å². The van der Waals surface area contributed by atoms with Gasteiger partial charge in [-0.15, -0.1) is 5.01 Å². The first-order chi connectivity index (χ1) is 9.24. The molecule has 5 nitrogen and oxygen atoms in total. The van der Waals surface area contributed by atoms with E-state index in [4.69, 9.17) is 10.3 Å². The molecular weight excluding hydrogens is 240 g/mol. The lowest BCUT2D eigenvalue weighted by Crippen LogP contribution is -2.63. The van der Waals surface area contributed by atoms with Crippen LogP contribution in [0.25, 0.3) is 11.3 Å². The lowest BCUT2D eigenvalue weighted by atomic mass is 9.96. The largest absolute Gasteiger partial charge is 0.362 e. The van der Waals surface area contributed by atoms with Gasteiger partial charge in [-0.3, -0.25) is 4.52 Å². The number of rotatable bonds is 3. The first kappa shape index (κ1) is 12.0. The average molecular weight is 259 g/mol. The van der Waals surface area contributed by atoms with Gasteiger partial charge in [-0.1, -0.05) is 31.5 Å². The SMILES string of the molecule is CCCCN1C(C)c2ccccc2-c2c(N)on[n+]21. The van der Waals surface area contributed by atoms with Gasteiger partial charge in [-0.25, -0.2) is 0 Å². The minimum atomic E-state index is 0.268. The highest BCUT2D eigenvalue weighted by atomic mass is 16.5. The molecular formula is C14H19N4O+. The Hall–Kier alpha value is -2.04. The fourth-order valence-corrected chi connectivity index (χ4v) is 2.69. The summed E-state index contributed by atoms with van der Waals surface area (Å²) in [7, 11) is 0. The fraction of sp³-hybridized carbons (Fsp3) is 0.429. The minimum absolute atomic E-state index is 0.268. The molecule has 2 N–H and O–H groups in total. The van der Waals surface area contributed by atoms with Gasteiger partial charge < -0.3 is 5.73 Å². The van der Waals surface area contributed by atoms with Crippen molar-refractivity contribution in [2.45, 2.75) is 32.7 Å². The summed E-state index contributed by atoms with van der Waals surface area (Å²) < 4.78 is 5.18. The summed E-state index contributed by atoms with van der Waals surface area (Å²) in [6.45, 7) is 5.32. The summed E-state index contributed by atoms with van der Waals surface area (Å²) in [6.07, 6.45) is 2.26. The molecule has 2 heterocycles. The van der Waals surface area contributed by atoms with Crippen molar-refractivity contribution in [1.82, 2.24) is 5.27 Å². The standard InChI is InChI=1S/C14H19N4O/c1-3-4-9-17-10(2)11-7-5-6-8-12(11)13-14(15)19-16-18(13)17/h5-8,10H,3-4,9,15H2,1-2H3/q+1. The van der Waals surface area contributed by atoms with Crippen LogP contribution in [0.15, 0.2) is 28.8 Å². The van der Waals surface area contributed by atoms with E-state index in [0.717, 1.165) is 30.6 Å². The maximum absolute atomic E-state index is 5.94. The molecule has 3 rings (SSSR count). The Morgan fingerprint density at radius 3 is 3.00 bits per heavy atom. The molecule has 100 valence electrons. The van der Waals surface area contributed by atoms with Crippen LogP contribution in [0, 0.1) is 0 Å². The van der Waals surface area contributed by atoms with Crippen molar-refractivity contribution in [3.05, 3.63) is 29.8 Å². The van der Waals surface area contributed by atoms with E-state index in [2.05, 4.69) is 42.3 Å². The molecule has 0 amide bonds. The molecule has 0 radical (unpaired) electrons. The van der Waals surface area contributed by atoms with Gasteiger partial charge in [0.1, 0.15) is 6.04 Å². The summed E-state index contributed by atoms with van der Waals surface area (Å²) in [5.74, 6) is 0.376. The average Bonchev–Trinajstić information content (AvgIpc) is 2.81. The van der Waals surface area contributed by atoms with Crippen molar-refractivity contribution < 1.29 is 9.31 Å². The second-order valence-corrected chi connectivity index (χ2v) is 4.96. The molecule has 0 saturated carbocycles. The Morgan fingerprint density at radius 1 is 1.42 bits per heavy atom. The lowest BCUT2D eigenvalue weighted by Gasteiger charge is -2.27. The van der Waals surface area contributed by atoms with Crippen LogP contribution in [0.1, 0.15) is 38.3 Å². The summed E-state index contributed by atoms with van der Waals surface area (Å²) in [4.78, 5) is 1.82. The smallest absolute Gasteiger partial charge is 0.338 e. The maximum Gasteiger partial charge on any atom is 0.338 e. The van der Waals surface area contributed by atoms with Crippen LogP contribution in [-0.2, 0) is 0 Å². The summed E-state index contributed by atoms with van der Waals surface area (Å²) in [5, 5.41) is 6.29. The van der Waals surface area contributed by atoms with E-state index >= 15 is 0 Å². The van der Waals surface area contributed by atoms with Gasteiger partial charge in [0, 0.05) is 0 Å². The predicted octanol–water partition coefficient (Wildman–Crippen LogP) is 2.02. The second kappa shape index (κ2) is 4.57. The molecule has 1 aromatic carbocycles. The zero-order valence-electron chi connectivity index (χ0n) is 11.3. The third-order valence-corrected chi connectivity index (χ3v) is 3.75. The fourth-order valence-electron chi connectivity index (χ4n) is 2.69. The Kier molecular flexibility index (Phi) is 2.89. The Morgan fingerprint density at radius 2 is 2.21 bits per heavy atom. The Balaban J connectivity index is 2.13. The van der Waals surface area contributed by atoms with Gasteiger partial charge in [0.05, 0.1) is 16.9 Å². The first-order valence-corrected chi connectivity index (χ1v) is 6.77. The van der Waals surface area contributed by atoms with Gasteiger partial charge in [0.15, 0.2) is 0 Å². The molecule has 5 heteroatoms. The topological polar surface area (TPSA) is 59.2 Å². The zero-order valence-corrected chi connectivity index (χ0v) is 11.3. The second-order valence-electron chi connectivity index (χ2n) is 4.96. The third-order valence-electron chi connectivity index (χ3n) is 3.75. The van der Waals surface area contributed by atoms with Crippen molar-refractivity contribution in [3.63, 3.8) is 0 Å². The number of nitrogen functional groups attached to an aromatic ring is 1. The van der Waals surface area contributed by atoms with E-state index in [9.17, 15) is 0 Å². The number of nitrogens with two attached hydrogens (primary N) is 1. The number of benzene rings is 1. The first-order valence-electron chi connectivity index (χ1n) is 6.77. The number of fused-ring (bicyclic) bond motifs is 3. The molecule has 2 aromatic rings. The molecule has 19 heavy (non-hydrogen) atoms. The molecule has 0 fully saturated rings. The van der Waals surface area contributed by atoms with E-state index in [1.54, 1.807) is 0 Å². The quantitative estimate of drug-likeness (QED) is 0.857. The monoisotopic (exact) mass is 259 g/mol. The van der Waals surface area contributed by atoms with E-state index in [0.29, 0.717) is 5.88 Å². The van der Waals surface area contributed by atoms with Crippen LogP contribution in [0.2, 0.25) is 0 Å². The van der Waals surface area contributed by atoms with Crippen LogP contribution in [0.4, 0.5) is 5.88 Å². The Labute approximate surface area is 112 Å². The number of nitrogens with zero attached hydrogens (tertiary/aromatic N) is 3. The van der Waals surface area contributed by atoms with Crippen molar-refractivity contribution >= 4 is 5.88 Å². The molecule has 0 spiro atoms. The summed E-state index contributed by atoms with van der Waals surface area (Å²) >= 11 is 0. The molecule has 1 atom stereocenters. The van der Waals surface area contributed by atoms with E-state index in [1.165, 1.54) is 5.56 Å². The normalized spacial score (nSPS) is 17.2. The van der Waals surface area contributed by atoms with Crippen LogP contribution in [0.3, 0.4) is 0 Å². The third kappa shape index (κ3) is 1.77. The lowest BCUT2D eigenvalue weighted by molar-refractivity contribution is -0.754. The van der Waals surface area contributed by atoms with E-state index in [1.807, 2.05) is 10.9 Å². The number of unbranched alkanes of at least 4 members (excludes halogenated alkanes) is 1. The van der Waals surface area contributed by atoms with Gasteiger partial charge in [-0.05, 0) is 25.0 Å². The van der Waals surface area contributed by atoms with Crippen LogP contribution in [0.5, 0.6) is 0 Å². The highest BCUT2D eigenvalue weighted by Crippen LogP contribution is 2.34. The molecule has 0 aliphatic carbocycles. The summed E-state index contributed by atoms with van der Waals surface area (Å²) in [5.41, 5.74) is 9.19. The van der Waals surface area contributed by atoms with E-state index < -0.39 is 0 Å². The molecule has 0 bridgehead atoms. The van der Waals surface area contributed by atoms with Crippen LogP contribution < -0.4 is 15.5 Å². The highest BCUT2D eigenvalue weighted by molar-refractivity contribution is 5.70. The van der Waals surface area contributed by atoms with Gasteiger partial charge in [0.2, 0.25) is 5.27 Å².